The van der Waals surface area contributed by atoms with E-state index in [9.17, 15) is 19.2 Å². The average molecular weight is 848 g/mol. The first-order valence-electron chi connectivity index (χ1n) is 14.5. The third kappa shape index (κ3) is 10.4. The van der Waals surface area contributed by atoms with Crippen molar-refractivity contribution in [2.24, 2.45) is 0 Å². The second kappa shape index (κ2) is 18.3. The minimum atomic E-state index is -0.328. The first-order chi connectivity index (χ1) is 22.8. The molecule has 2 aromatic carbocycles. The van der Waals surface area contributed by atoms with Crippen LogP contribution >= 0.6 is 118 Å². The van der Waals surface area contributed by atoms with Crippen molar-refractivity contribution in [3.8, 4) is 0 Å². The number of unbranched alkanes of at least 4 members (excludes halogenated alkanes) is 4. The zero-order valence-electron chi connectivity index (χ0n) is 24.8. The van der Waals surface area contributed by atoms with Gasteiger partial charge in [0.05, 0.1) is 51.3 Å². The molecule has 2 aliphatic rings. The smallest absolute Gasteiger partial charge is 0.267 e. The van der Waals surface area contributed by atoms with E-state index in [0.717, 1.165) is 23.5 Å². The van der Waals surface area contributed by atoms with Gasteiger partial charge in [-0.1, -0.05) is 130 Å². The normalized spacial score (nSPS) is 16.4. The fourth-order valence-corrected chi connectivity index (χ4v) is 8.54. The topological polar surface area (TPSA) is 98.8 Å². The quantitative estimate of drug-likeness (QED) is 0.0840. The van der Waals surface area contributed by atoms with Gasteiger partial charge in [-0.25, -0.2) is 0 Å². The predicted molar refractivity (Wildman–Crippen MR) is 208 cm³/mol. The van der Waals surface area contributed by atoms with E-state index in [1.165, 1.54) is 34.1 Å². The number of anilines is 2. The van der Waals surface area contributed by atoms with Crippen LogP contribution in [-0.4, -0.2) is 55.2 Å². The number of nitrogens with one attached hydrogen (secondary N) is 2. The molecule has 2 aliphatic heterocycles. The van der Waals surface area contributed by atoms with Gasteiger partial charge in [-0.2, -0.15) is 0 Å². The Labute approximate surface area is 326 Å². The molecule has 0 aliphatic carbocycles. The van der Waals surface area contributed by atoms with Crippen molar-refractivity contribution in [1.29, 1.82) is 0 Å². The minimum Gasteiger partial charge on any atom is -0.325 e. The van der Waals surface area contributed by atoms with E-state index in [4.69, 9.17) is 94.0 Å². The van der Waals surface area contributed by atoms with E-state index in [-0.39, 0.29) is 66.4 Å². The second-order valence-corrected chi connectivity index (χ2v) is 16.2. The van der Waals surface area contributed by atoms with E-state index in [1.54, 1.807) is 0 Å². The first-order valence-corrected chi connectivity index (χ1v) is 19.2. The van der Waals surface area contributed by atoms with E-state index in [2.05, 4.69) is 10.6 Å². The van der Waals surface area contributed by atoms with Gasteiger partial charge in [0.15, 0.2) is 0 Å². The number of carbonyl (C=O) groups is 4. The third-order valence-electron chi connectivity index (χ3n) is 7.04. The number of amides is 4. The molecule has 0 spiro atoms. The van der Waals surface area contributed by atoms with E-state index < -0.39 is 0 Å². The molecule has 0 bridgehead atoms. The summed E-state index contributed by atoms with van der Waals surface area (Å²) in [5, 5.41) is 7.17. The molecule has 8 nitrogen and oxygen atoms in total. The largest absolute Gasteiger partial charge is 0.325 e. The summed E-state index contributed by atoms with van der Waals surface area (Å²) in [6.07, 6.45) is 4.21. The van der Waals surface area contributed by atoms with Gasteiger partial charge in [0.25, 0.3) is 11.8 Å². The summed E-state index contributed by atoms with van der Waals surface area (Å²) in [4.78, 5) is 54.7. The van der Waals surface area contributed by atoms with Crippen molar-refractivity contribution in [2.75, 3.05) is 23.7 Å². The Bertz CT molecular complexity index is 1590. The fourth-order valence-electron chi connectivity index (χ4n) is 4.58. The van der Waals surface area contributed by atoms with Crippen LogP contribution in [0.5, 0.6) is 0 Å². The highest BCUT2D eigenvalue weighted by atomic mass is 35.5. The number of carbonyl (C=O) groups excluding carboxylic acids is 4. The molecular weight excluding hydrogens is 821 g/mol. The van der Waals surface area contributed by atoms with Gasteiger partial charge in [0.1, 0.15) is 8.64 Å². The van der Waals surface area contributed by atoms with Crippen LogP contribution in [0.15, 0.2) is 34.1 Å². The summed E-state index contributed by atoms with van der Waals surface area (Å²) >= 11 is 49.2. The fraction of sp³-hybridized carbons (Fsp3) is 0.333. The summed E-state index contributed by atoms with van der Waals surface area (Å²) in [5.74, 6) is -1.10. The van der Waals surface area contributed by atoms with Gasteiger partial charge in [-0.05, 0) is 49.9 Å². The lowest BCUT2D eigenvalue weighted by Gasteiger charge is -2.15. The summed E-state index contributed by atoms with van der Waals surface area (Å²) in [5.41, 5.74) is 0.763. The molecule has 4 amide bonds. The van der Waals surface area contributed by atoms with E-state index in [1.807, 2.05) is 0 Å². The molecule has 18 heteroatoms. The van der Waals surface area contributed by atoms with Gasteiger partial charge < -0.3 is 10.6 Å². The average Bonchev–Trinajstić information content (AvgIpc) is 3.46. The standard InChI is InChI=1S/C30H26Cl6N4O4S4/c31-15-11-19(35)21(13-17(15)33)37-23(41)7-3-1-5-9-39-27(43)25(47-29(39)45)26-28(44)40(30(46)48-26)10-6-2-4-8-24(42)38-22-14-18(34)16(32)12-20(22)36/h11-14H,1-10H2,(H,37,41)(H,38,42). The highest BCUT2D eigenvalue weighted by Gasteiger charge is 2.41. The number of benzene rings is 2. The lowest BCUT2D eigenvalue weighted by atomic mass is 10.1. The zero-order chi connectivity index (χ0) is 35.1. The molecule has 0 unspecified atom stereocenters. The Morgan fingerprint density at radius 3 is 1.29 bits per heavy atom. The maximum absolute atomic E-state index is 13.2. The van der Waals surface area contributed by atoms with Crippen LogP contribution in [0, 0.1) is 0 Å². The third-order valence-corrected chi connectivity index (χ3v) is 12.1. The molecular formula is C30H26Cl6N4O4S4. The Kier molecular flexibility index (Phi) is 15.0. The molecule has 2 fully saturated rings. The Morgan fingerprint density at radius 2 is 0.917 bits per heavy atom. The number of nitrogens with zero attached hydrogens (tertiary/aromatic N) is 2. The molecule has 48 heavy (non-hydrogen) atoms. The van der Waals surface area contributed by atoms with Gasteiger partial charge in [0.2, 0.25) is 11.8 Å². The van der Waals surface area contributed by atoms with Crippen molar-refractivity contribution in [1.82, 2.24) is 9.80 Å². The molecule has 0 atom stereocenters. The molecule has 0 aromatic heterocycles. The number of hydrogen-bond acceptors (Lipinski definition) is 8. The lowest BCUT2D eigenvalue weighted by Crippen LogP contribution is -2.31. The predicted octanol–water partition coefficient (Wildman–Crippen LogP) is 10.2. The molecule has 2 heterocycles. The lowest BCUT2D eigenvalue weighted by molar-refractivity contribution is -0.124. The Balaban J connectivity index is 1.18. The van der Waals surface area contributed by atoms with E-state index in [0.29, 0.717) is 81.7 Å². The molecule has 2 saturated heterocycles. The van der Waals surface area contributed by atoms with Crippen molar-refractivity contribution < 1.29 is 19.2 Å². The summed E-state index contributed by atoms with van der Waals surface area (Å²) < 4.78 is 0.736. The van der Waals surface area contributed by atoms with Crippen molar-refractivity contribution >= 4 is 161 Å². The number of thiocarbonyl (C=S) groups is 2. The first kappa shape index (κ1) is 39.5. The Morgan fingerprint density at radius 1 is 0.562 bits per heavy atom. The summed E-state index contributed by atoms with van der Waals surface area (Å²) in [6.45, 7) is 0.721. The molecule has 0 saturated carbocycles. The van der Waals surface area contributed by atoms with Crippen LogP contribution in [0.2, 0.25) is 30.1 Å². The monoisotopic (exact) mass is 844 g/mol. The van der Waals surface area contributed by atoms with Crippen LogP contribution in [0.25, 0.3) is 0 Å². The summed E-state index contributed by atoms with van der Waals surface area (Å²) in [7, 11) is 0. The highest BCUT2D eigenvalue weighted by molar-refractivity contribution is 8.29. The van der Waals surface area contributed by atoms with Crippen molar-refractivity contribution in [2.45, 2.75) is 51.4 Å². The van der Waals surface area contributed by atoms with Crippen LogP contribution in [-0.2, 0) is 19.2 Å². The van der Waals surface area contributed by atoms with Crippen LogP contribution in [0.3, 0.4) is 0 Å². The van der Waals surface area contributed by atoms with Crippen LogP contribution in [0.4, 0.5) is 11.4 Å². The Hall–Kier alpha value is -1.32. The molecule has 2 N–H and O–H groups in total. The number of hydrogen-bond donors (Lipinski definition) is 2. The second-order valence-electron chi connectivity index (χ2n) is 10.5. The number of rotatable bonds is 14. The maximum Gasteiger partial charge on any atom is 0.267 e. The van der Waals surface area contributed by atoms with Gasteiger partial charge in [0, 0.05) is 25.9 Å². The van der Waals surface area contributed by atoms with Crippen LogP contribution in [0.1, 0.15) is 51.4 Å². The molecule has 4 rings (SSSR count). The SMILES string of the molecule is O=C(CCCCCN1C(=O)C(=C2SC(=S)N(CCCCCC(=O)Nc3cc(Cl)c(Cl)cc3Cl)C2=O)SC1=S)Nc1cc(Cl)c(Cl)cc1Cl. The summed E-state index contributed by atoms with van der Waals surface area (Å²) in [6, 6.07) is 5.92. The highest BCUT2D eigenvalue weighted by Crippen LogP contribution is 2.42. The minimum absolute atomic E-state index is 0.223. The van der Waals surface area contributed by atoms with E-state index >= 15 is 0 Å². The van der Waals surface area contributed by atoms with Crippen molar-refractivity contribution in [3.63, 3.8) is 0 Å². The van der Waals surface area contributed by atoms with Crippen LogP contribution < -0.4 is 10.6 Å². The molecule has 2 aromatic rings. The van der Waals surface area contributed by atoms with Crippen molar-refractivity contribution in [3.05, 3.63) is 64.2 Å². The number of halogens is 6. The number of thioether (sulfide) groups is 2. The maximum atomic E-state index is 13.2. The van der Waals surface area contributed by atoms with Gasteiger partial charge in [-0.3, -0.25) is 29.0 Å². The van der Waals surface area contributed by atoms with Gasteiger partial charge in [-0.15, -0.1) is 0 Å². The zero-order valence-corrected chi connectivity index (χ0v) is 32.6. The molecule has 0 radical (unpaired) electrons. The van der Waals surface area contributed by atoms with Gasteiger partial charge >= 0.3 is 0 Å². The molecule has 256 valence electrons.